The average molecular weight is 345 g/mol. The van der Waals surface area contributed by atoms with Crippen LogP contribution in [0, 0.1) is 5.92 Å². The molecule has 132 valence electrons. The summed E-state index contributed by atoms with van der Waals surface area (Å²) in [5.41, 5.74) is 1.12. The lowest BCUT2D eigenvalue weighted by Crippen LogP contribution is -2.35. The second-order valence-electron chi connectivity index (χ2n) is 5.15. The van der Waals surface area contributed by atoms with E-state index < -0.39 is 0 Å². The molecule has 0 saturated heterocycles. The van der Waals surface area contributed by atoms with Crippen molar-refractivity contribution in [3.05, 3.63) is 23.8 Å². The Kier molecular flexibility index (Phi) is 11.3. The van der Waals surface area contributed by atoms with E-state index in [0.29, 0.717) is 26.3 Å². The summed E-state index contributed by atoms with van der Waals surface area (Å²) in [6, 6.07) is 5.92. The van der Waals surface area contributed by atoms with Crippen LogP contribution in [0.4, 0.5) is 0 Å². The molecule has 0 aliphatic heterocycles. The number of nitrogens with one attached hydrogen (secondary N) is 2. The maximum Gasteiger partial charge on any atom is 0.224 e. The zero-order valence-corrected chi connectivity index (χ0v) is 15.3. The number of hydrogen-bond acceptors (Lipinski definition) is 4. The summed E-state index contributed by atoms with van der Waals surface area (Å²) in [4.78, 5) is 11.8. The van der Waals surface area contributed by atoms with Crippen LogP contribution in [-0.2, 0) is 11.2 Å². The third-order valence-electron chi connectivity index (χ3n) is 3.28. The molecule has 0 aliphatic rings. The molecule has 1 amide bonds. The van der Waals surface area contributed by atoms with Gasteiger partial charge < -0.3 is 20.1 Å². The maximum absolute atomic E-state index is 11.8. The molecule has 5 nitrogen and oxygen atoms in total. The Labute approximate surface area is 145 Å². The third-order valence-corrected chi connectivity index (χ3v) is 3.28. The molecule has 1 rings (SSSR count). The highest BCUT2D eigenvalue weighted by Crippen LogP contribution is 2.28. The molecule has 23 heavy (non-hydrogen) atoms. The van der Waals surface area contributed by atoms with E-state index in [2.05, 4.69) is 10.6 Å². The lowest BCUT2D eigenvalue weighted by atomic mass is 10.1. The molecule has 0 aromatic heterocycles. The molecule has 0 aliphatic carbocycles. The van der Waals surface area contributed by atoms with Crippen LogP contribution < -0.4 is 20.1 Å². The van der Waals surface area contributed by atoms with E-state index in [4.69, 9.17) is 9.47 Å². The predicted octanol–water partition coefficient (Wildman–Crippen LogP) is 2.42. The minimum Gasteiger partial charge on any atom is -0.490 e. The zero-order chi connectivity index (χ0) is 16.4. The van der Waals surface area contributed by atoms with Gasteiger partial charge in [0.15, 0.2) is 11.5 Å². The molecule has 0 saturated carbocycles. The number of benzene rings is 1. The molecule has 1 aromatic carbocycles. The van der Waals surface area contributed by atoms with E-state index in [1.54, 1.807) is 0 Å². The molecular weight excluding hydrogens is 316 g/mol. The highest BCUT2D eigenvalue weighted by molar-refractivity contribution is 5.85. The van der Waals surface area contributed by atoms with Gasteiger partial charge in [0.2, 0.25) is 5.91 Å². The van der Waals surface area contributed by atoms with Gasteiger partial charge in [0.1, 0.15) is 0 Å². The van der Waals surface area contributed by atoms with Crippen molar-refractivity contribution in [2.24, 2.45) is 5.92 Å². The molecule has 2 N–H and O–H groups in total. The topological polar surface area (TPSA) is 59.6 Å². The normalized spacial score (nSPS) is 11.3. The largest absolute Gasteiger partial charge is 0.490 e. The number of amides is 1. The molecule has 1 aromatic rings. The van der Waals surface area contributed by atoms with Gasteiger partial charge >= 0.3 is 0 Å². The Hall–Kier alpha value is -1.46. The Bertz CT molecular complexity index is 469. The summed E-state index contributed by atoms with van der Waals surface area (Å²) in [6.07, 6.45) is 0.768. The highest BCUT2D eigenvalue weighted by atomic mass is 35.5. The fourth-order valence-electron chi connectivity index (χ4n) is 2.15. The van der Waals surface area contributed by atoms with Gasteiger partial charge in [-0.25, -0.2) is 0 Å². The molecule has 0 spiro atoms. The van der Waals surface area contributed by atoms with Crippen molar-refractivity contribution in [1.82, 2.24) is 10.6 Å². The van der Waals surface area contributed by atoms with E-state index in [1.807, 2.05) is 46.0 Å². The summed E-state index contributed by atoms with van der Waals surface area (Å²) < 4.78 is 11.2. The molecule has 6 heteroatoms. The van der Waals surface area contributed by atoms with E-state index in [1.165, 1.54) is 0 Å². The van der Waals surface area contributed by atoms with Crippen molar-refractivity contribution in [2.45, 2.75) is 27.2 Å². The first-order valence-electron chi connectivity index (χ1n) is 7.93. The Morgan fingerprint density at radius 3 is 2.43 bits per heavy atom. The average Bonchev–Trinajstić information content (AvgIpc) is 2.50. The zero-order valence-electron chi connectivity index (χ0n) is 14.5. The van der Waals surface area contributed by atoms with Crippen LogP contribution in [0.1, 0.15) is 26.3 Å². The van der Waals surface area contributed by atoms with Crippen LogP contribution in [0.5, 0.6) is 11.5 Å². The summed E-state index contributed by atoms with van der Waals surface area (Å²) >= 11 is 0. The summed E-state index contributed by atoms with van der Waals surface area (Å²) in [7, 11) is 1.85. The van der Waals surface area contributed by atoms with E-state index in [9.17, 15) is 4.79 Å². The molecule has 0 fully saturated rings. The maximum atomic E-state index is 11.8. The van der Waals surface area contributed by atoms with Crippen LogP contribution in [0.2, 0.25) is 0 Å². The Balaban J connectivity index is 0.00000484. The van der Waals surface area contributed by atoms with E-state index in [0.717, 1.165) is 23.5 Å². The van der Waals surface area contributed by atoms with Crippen molar-refractivity contribution in [1.29, 1.82) is 0 Å². The number of carbonyl (C=O) groups excluding carboxylic acids is 1. The monoisotopic (exact) mass is 344 g/mol. The Morgan fingerprint density at radius 1 is 1.17 bits per heavy atom. The molecule has 0 bridgehead atoms. The van der Waals surface area contributed by atoms with Crippen LogP contribution in [0.15, 0.2) is 18.2 Å². The first kappa shape index (κ1) is 21.5. The van der Waals surface area contributed by atoms with Gasteiger partial charge in [0.05, 0.1) is 13.2 Å². The second-order valence-corrected chi connectivity index (χ2v) is 5.15. The van der Waals surface area contributed by atoms with Crippen LogP contribution >= 0.6 is 12.4 Å². The molecule has 0 heterocycles. The predicted molar refractivity (Wildman–Crippen MR) is 95.8 cm³/mol. The van der Waals surface area contributed by atoms with Crippen molar-refractivity contribution in [2.75, 3.05) is 33.4 Å². The van der Waals surface area contributed by atoms with Gasteiger partial charge in [-0.2, -0.15) is 0 Å². The van der Waals surface area contributed by atoms with Gasteiger partial charge in [0.25, 0.3) is 0 Å². The number of hydrogen-bond donors (Lipinski definition) is 2. The first-order chi connectivity index (χ1) is 10.6. The summed E-state index contributed by atoms with van der Waals surface area (Å²) in [5.74, 6) is 1.58. The number of ether oxygens (including phenoxy) is 2. The lowest BCUT2D eigenvalue weighted by Gasteiger charge is -2.14. The summed E-state index contributed by atoms with van der Waals surface area (Å²) in [5, 5.41) is 5.96. The standard InChI is InChI=1S/C17H28N2O3.ClH/c1-5-21-15-8-7-14(11-16(15)22-6-2)9-10-19-17(20)13(3)12-18-4;/h7-8,11,13,18H,5-6,9-10,12H2,1-4H3,(H,19,20);1H. The molecule has 1 unspecified atom stereocenters. The highest BCUT2D eigenvalue weighted by Gasteiger charge is 2.11. The number of carbonyl (C=O) groups is 1. The van der Waals surface area contributed by atoms with Gasteiger partial charge in [-0.1, -0.05) is 13.0 Å². The Morgan fingerprint density at radius 2 is 1.83 bits per heavy atom. The second kappa shape index (κ2) is 12.0. The SMILES string of the molecule is CCOc1ccc(CCNC(=O)C(C)CNC)cc1OCC.Cl. The number of halogens is 1. The lowest BCUT2D eigenvalue weighted by molar-refractivity contribution is -0.124. The third kappa shape index (κ3) is 7.57. The van der Waals surface area contributed by atoms with Crippen molar-refractivity contribution < 1.29 is 14.3 Å². The fourth-order valence-corrected chi connectivity index (χ4v) is 2.15. The van der Waals surface area contributed by atoms with E-state index >= 15 is 0 Å². The quantitative estimate of drug-likeness (QED) is 0.684. The van der Waals surface area contributed by atoms with Crippen LogP contribution in [0.25, 0.3) is 0 Å². The van der Waals surface area contributed by atoms with Gasteiger partial charge in [-0.3, -0.25) is 4.79 Å². The van der Waals surface area contributed by atoms with Crippen molar-refractivity contribution in [3.63, 3.8) is 0 Å². The van der Waals surface area contributed by atoms with Crippen molar-refractivity contribution >= 4 is 18.3 Å². The number of rotatable bonds is 10. The molecular formula is C17H29ClN2O3. The van der Waals surface area contributed by atoms with Gasteiger partial charge in [-0.15, -0.1) is 12.4 Å². The van der Waals surface area contributed by atoms with Gasteiger partial charge in [0, 0.05) is 19.0 Å². The van der Waals surface area contributed by atoms with Crippen LogP contribution in [0.3, 0.4) is 0 Å². The fraction of sp³-hybridized carbons (Fsp3) is 0.588. The van der Waals surface area contributed by atoms with Crippen LogP contribution in [-0.4, -0.2) is 39.3 Å². The molecule has 1 atom stereocenters. The van der Waals surface area contributed by atoms with E-state index in [-0.39, 0.29) is 24.2 Å². The minimum atomic E-state index is -0.0238. The molecule has 0 radical (unpaired) electrons. The smallest absolute Gasteiger partial charge is 0.224 e. The summed E-state index contributed by atoms with van der Waals surface area (Å²) in [6.45, 7) is 8.32. The van der Waals surface area contributed by atoms with Gasteiger partial charge in [-0.05, 0) is 45.0 Å². The first-order valence-corrected chi connectivity index (χ1v) is 7.93. The minimum absolute atomic E-state index is 0. The van der Waals surface area contributed by atoms with Crippen molar-refractivity contribution in [3.8, 4) is 11.5 Å².